The molecule has 2 aliphatic rings. The third-order valence-electron chi connectivity index (χ3n) is 4.65. The van der Waals surface area contributed by atoms with Crippen LogP contribution in [-0.4, -0.2) is 43.0 Å². The summed E-state index contributed by atoms with van der Waals surface area (Å²) in [6.45, 7) is 0.528. The van der Waals surface area contributed by atoms with Crippen LogP contribution in [0.3, 0.4) is 0 Å². The standard InChI is InChI=1S/C18H24N2O3/c1-23-12-17(21)20-11-14(18(22)19-15-8-9-15)7-10-16(20)13-5-3-2-4-6-13/h2-6,14-16H,7-12H2,1H3,(H,19,22). The van der Waals surface area contributed by atoms with Gasteiger partial charge in [-0.15, -0.1) is 0 Å². The van der Waals surface area contributed by atoms with Gasteiger partial charge in [0.2, 0.25) is 11.8 Å². The summed E-state index contributed by atoms with van der Waals surface area (Å²) in [6, 6.07) is 10.4. The van der Waals surface area contributed by atoms with Crippen molar-refractivity contribution in [2.24, 2.45) is 5.92 Å². The number of hydrogen-bond acceptors (Lipinski definition) is 3. The van der Waals surface area contributed by atoms with Gasteiger partial charge in [0, 0.05) is 19.7 Å². The highest BCUT2D eigenvalue weighted by Gasteiger charge is 2.36. The summed E-state index contributed by atoms with van der Waals surface area (Å²) < 4.78 is 5.02. The molecule has 0 bridgehead atoms. The fraction of sp³-hybridized carbons (Fsp3) is 0.556. The summed E-state index contributed by atoms with van der Waals surface area (Å²) in [5.41, 5.74) is 1.12. The number of methoxy groups -OCH3 is 1. The SMILES string of the molecule is COCC(=O)N1CC(C(=O)NC2CC2)CCC1c1ccccc1. The minimum Gasteiger partial charge on any atom is -0.375 e. The molecule has 1 saturated carbocycles. The van der Waals surface area contributed by atoms with Gasteiger partial charge in [0.1, 0.15) is 6.61 Å². The molecular weight excluding hydrogens is 292 g/mol. The number of carbonyl (C=O) groups excluding carboxylic acids is 2. The average Bonchev–Trinajstić information content (AvgIpc) is 3.39. The van der Waals surface area contributed by atoms with Crippen molar-refractivity contribution in [1.82, 2.24) is 10.2 Å². The molecule has 1 aliphatic carbocycles. The van der Waals surface area contributed by atoms with E-state index in [1.807, 2.05) is 35.2 Å². The fourth-order valence-electron chi connectivity index (χ4n) is 3.24. The molecule has 0 radical (unpaired) electrons. The van der Waals surface area contributed by atoms with Crippen molar-refractivity contribution in [3.63, 3.8) is 0 Å². The van der Waals surface area contributed by atoms with Gasteiger partial charge in [-0.25, -0.2) is 0 Å². The monoisotopic (exact) mass is 316 g/mol. The van der Waals surface area contributed by atoms with E-state index in [1.54, 1.807) is 0 Å². The maximum absolute atomic E-state index is 12.5. The van der Waals surface area contributed by atoms with Crippen molar-refractivity contribution in [3.8, 4) is 0 Å². The molecule has 2 unspecified atom stereocenters. The molecule has 1 aliphatic heterocycles. The summed E-state index contributed by atoms with van der Waals surface area (Å²) in [4.78, 5) is 26.6. The van der Waals surface area contributed by atoms with Crippen molar-refractivity contribution in [3.05, 3.63) is 35.9 Å². The van der Waals surface area contributed by atoms with Gasteiger partial charge in [-0.2, -0.15) is 0 Å². The van der Waals surface area contributed by atoms with Crippen LogP contribution in [0.1, 0.15) is 37.3 Å². The largest absolute Gasteiger partial charge is 0.375 e. The van der Waals surface area contributed by atoms with Crippen molar-refractivity contribution in [2.75, 3.05) is 20.3 Å². The van der Waals surface area contributed by atoms with Crippen molar-refractivity contribution < 1.29 is 14.3 Å². The number of ether oxygens (including phenoxy) is 1. The summed E-state index contributed by atoms with van der Waals surface area (Å²) in [5.74, 6) is -0.0733. The van der Waals surface area contributed by atoms with Crippen LogP contribution in [0.2, 0.25) is 0 Å². The Morgan fingerprint density at radius 2 is 1.91 bits per heavy atom. The van der Waals surface area contributed by atoms with Crippen LogP contribution in [0.4, 0.5) is 0 Å². The van der Waals surface area contributed by atoms with E-state index in [9.17, 15) is 9.59 Å². The molecule has 1 saturated heterocycles. The van der Waals surface area contributed by atoms with E-state index in [0.29, 0.717) is 12.6 Å². The molecule has 23 heavy (non-hydrogen) atoms. The molecule has 2 fully saturated rings. The maximum Gasteiger partial charge on any atom is 0.249 e. The van der Waals surface area contributed by atoms with Gasteiger partial charge in [0.25, 0.3) is 0 Å². The number of benzene rings is 1. The van der Waals surface area contributed by atoms with E-state index < -0.39 is 0 Å². The second-order valence-corrected chi connectivity index (χ2v) is 6.46. The molecule has 5 heteroatoms. The lowest BCUT2D eigenvalue weighted by atomic mass is 9.88. The molecule has 0 spiro atoms. The zero-order valence-corrected chi connectivity index (χ0v) is 13.5. The van der Waals surface area contributed by atoms with Gasteiger partial charge < -0.3 is 15.0 Å². The normalized spacial score (nSPS) is 24.3. The fourth-order valence-corrected chi connectivity index (χ4v) is 3.24. The van der Waals surface area contributed by atoms with E-state index in [1.165, 1.54) is 7.11 Å². The van der Waals surface area contributed by atoms with E-state index in [4.69, 9.17) is 4.74 Å². The highest BCUT2D eigenvalue weighted by molar-refractivity contribution is 5.82. The van der Waals surface area contributed by atoms with Crippen molar-refractivity contribution in [2.45, 2.75) is 37.8 Å². The minimum absolute atomic E-state index is 0.0313. The number of hydrogen-bond donors (Lipinski definition) is 1. The number of likely N-dealkylation sites (tertiary alicyclic amines) is 1. The Labute approximate surface area is 137 Å². The molecule has 0 aromatic heterocycles. The van der Waals surface area contributed by atoms with Crippen LogP contribution in [-0.2, 0) is 14.3 Å². The van der Waals surface area contributed by atoms with E-state index in [-0.39, 0.29) is 30.4 Å². The predicted molar refractivity (Wildman–Crippen MR) is 86.7 cm³/mol. The molecule has 1 N–H and O–H groups in total. The Bertz CT molecular complexity index is 557. The van der Waals surface area contributed by atoms with Crippen molar-refractivity contribution >= 4 is 11.8 Å². The summed E-state index contributed by atoms with van der Waals surface area (Å²) in [6.07, 6.45) is 3.78. The average molecular weight is 316 g/mol. The van der Waals surface area contributed by atoms with E-state index in [0.717, 1.165) is 31.2 Å². The van der Waals surface area contributed by atoms with Gasteiger partial charge in [0.05, 0.1) is 12.0 Å². The Morgan fingerprint density at radius 1 is 1.17 bits per heavy atom. The Kier molecular flexibility index (Phi) is 4.96. The lowest BCUT2D eigenvalue weighted by Crippen LogP contribution is -2.48. The van der Waals surface area contributed by atoms with Crippen LogP contribution in [0, 0.1) is 5.92 Å². The van der Waals surface area contributed by atoms with E-state index >= 15 is 0 Å². The third-order valence-corrected chi connectivity index (χ3v) is 4.65. The first-order chi connectivity index (χ1) is 11.2. The summed E-state index contributed by atoms with van der Waals surface area (Å²) in [5, 5.41) is 3.06. The second kappa shape index (κ2) is 7.13. The number of nitrogens with one attached hydrogen (secondary N) is 1. The number of nitrogens with zero attached hydrogens (tertiary/aromatic N) is 1. The Morgan fingerprint density at radius 3 is 2.57 bits per heavy atom. The number of amides is 2. The Hall–Kier alpha value is -1.88. The minimum atomic E-state index is -0.114. The van der Waals surface area contributed by atoms with Crippen LogP contribution >= 0.6 is 0 Å². The van der Waals surface area contributed by atoms with Gasteiger partial charge in [-0.3, -0.25) is 9.59 Å². The first-order valence-corrected chi connectivity index (χ1v) is 8.32. The highest BCUT2D eigenvalue weighted by Crippen LogP contribution is 2.34. The quantitative estimate of drug-likeness (QED) is 0.902. The zero-order valence-electron chi connectivity index (χ0n) is 13.5. The van der Waals surface area contributed by atoms with Crippen LogP contribution in [0.15, 0.2) is 30.3 Å². The molecule has 3 rings (SSSR count). The first kappa shape index (κ1) is 16.0. The van der Waals surface area contributed by atoms with Crippen LogP contribution in [0.25, 0.3) is 0 Å². The molecule has 2 amide bonds. The molecule has 2 atom stereocenters. The van der Waals surface area contributed by atoms with Gasteiger partial charge in [-0.1, -0.05) is 30.3 Å². The van der Waals surface area contributed by atoms with Gasteiger partial charge in [0.15, 0.2) is 0 Å². The Balaban J connectivity index is 1.73. The molecule has 5 nitrogen and oxygen atoms in total. The third kappa shape index (κ3) is 3.91. The zero-order chi connectivity index (χ0) is 16.2. The molecule has 1 aromatic carbocycles. The van der Waals surface area contributed by atoms with Crippen LogP contribution in [0.5, 0.6) is 0 Å². The van der Waals surface area contributed by atoms with E-state index in [2.05, 4.69) is 5.32 Å². The van der Waals surface area contributed by atoms with Crippen LogP contribution < -0.4 is 5.32 Å². The summed E-state index contributed by atoms with van der Waals surface area (Å²) >= 11 is 0. The van der Waals surface area contributed by atoms with Crippen molar-refractivity contribution in [1.29, 1.82) is 0 Å². The molecule has 1 aromatic rings. The number of carbonyl (C=O) groups is 2. The lowest BCUT2D eigenvalue weighted by Gasteiger charge is -2.39. The number of piperidine rings is 1. The topological polar surface area (TPSA) is 58.6 Å². The predicted octanol–water partition coefficient (Wildman–Crippen LogP) is 1.89. The molecule has 1 heterocycles. The second-order valence-electron chi connectivity index (χ2n) is 6.46. The lowest BCUT2D eigenvalue weighted by molar-refractivity contribution is -0.142. The number of rotatable bonds is 5. The van der Waals surface area contributed by atoms with Gasteiger partial charge >= 0.3 is 0 Å². The maximum atomic E-state index is 12.5. The van der Waals surface area contributed by atoms with Gasteiger partial charge in [-0.05, 0) is 31.2 Å². The summed E-state index contributed by atoms with van der Waals surface area (Å²) in [7, 11) is 1.52. The highest BCUT2D eigenvalue weighted by atomic mass is 16.5. The molecular formula is C18H24N2O3. The molecule has 124 valence electrons. The smallest absolute Gasteiger partial charge is 0.249 e. The first-order valence-electron chi connectivity index (χ1n) is 8.32.